The van der Waals surface area contributed by atoms with Crippen LogP contribution in [0.25, 0.3) is 10.9 Å². The minimum absolute atomic E-state index is 0.0228. The maximum absolute atomic E-state index is 12.7. The van der Waals surface area contributed by atoms with E-state index >= 15 is 0 Å². The van der Waals surface area contributed by atoms with Crippen molar-refractivity contribution in [2.24, 2.45) is 0 Å². The van der Waals surface area contributed by atoms with Gasteiger partial charge in [0.15, 0.2) is 5.69 Å². The molecule has 0 unspecified atom stereocenters. The summed E-state index contributed by atoms with van der Waals surface area (Å²) in [5, 5.41) is 7.87. The molecule has 1 fully saturated rings. The first-order valence-corrected chi connectivity index (χ1v) is 8.01. The lowest BCUT2D eigenvalue weighted by molar-refractivity contribution is -0.127. The third kappa shape index (κ3) is 3.22. The summed E-state index contributed by atoms with van der Waals surface area (Å²) >= 11 is 0. The Morgan fingerprint density at radius 3 is 2.54 bits per heavy atom. The first-order chi connectivity index (χ1) is 11.7. The largest absolute Gasteiger partial charge is 0.336 e. The van der Waals surface area contributed by atoms with Gasteiger partial charge in [0, 0.05) is 37.6 Å². The van der Waals surface area contributed by atoms with Crippen LogP contribution in [-0.4, -0.2) is 58.0 Å². The summed E-state index contributed by atoms with van der Waals surface area (Å²) in [7, 11) is 0. The summed E-state index contributed by atoms with van der Waals surface area (Å²) in [5.74, 6) is -0.116. The van der Waals surface area contributed by atoms with Crippen LogP contribution in [0.15, 0.2) is 48.6 Å². The Balaban J connectivity index is 1.64. The van der Waals surface area contributed by atoms with Crippen molar-refractivity contribution in [3.63, 3.8) is 0 Å². The average Bonchev–Trinajstić information content (AvgIpc) is 3.05. The maximum Gasteiger partial charge on any atom is 0.275 e. The van der Waals surface area contributed by atoms with E-state index in [1.165, 1.54) is 0 Å². The number of aromatic nitrogens is 2. The van der Waals surface area contributed by atoms with Crippen LogP contribution < -0.4 is 0 Å². The number of amides is 2. The van der Waals surface area contributed by atoms with Crippen LogP contribution in [0.4, 0.5) is 0 Å². The zero-order valence-corrected chi connectivity index (χ0v) is 13.6. The molecule has 1 N–H and O–H groups in total. The molecule has 0 bridgehead atoms. The number of carbonyl (C=O) groups excluding carboxylic acids is 2. The molecular formula is C18H20N4O2. The molecule has 1 saturated heterocycles. The molecule has 0 radical (unpaired) electrons. The normalized spacial score (nSPS) is 15.7. The maximum atomic E-state index is 12.7. The van der Waals surface area contributed by atoms with Gasteiger partial charge in [-0.15, -0.1) is 0 Å². The second kappa shape index (κ2) is 7.12. The number of benzene rings is 1. The number of H-pyrrole nitrogens is 1. The lowest BCUT2D eigenvalue weighted by Gasteiger charge is -2.33. The van der Waals surface area contributed by atoms with Crippen molar-refractivity contribution in [1.29, 1.82) is 0 Å². The van der Waals surface area contributed by atoms with Crippen molar-refractivity contribution in [3.05, 3.63) is 54.3 Å². The molecule has 1 aliphatic heterocycles. The number of nitrogens with zero attached hydrogens (tertiary/aromatic N) is 3. The fourth-order valence-corrected chi connectivity index (χ4v) is 2.76. The minimum atomic E-state index is -0.0935. The molecule has 0 spiro atoms. The zero-order valence-electron chi connectivity index (χ0n) is 13.6. The number of aromatic amines is 1. The van der Waals surface area contributed by atoms with Gasteiger partial charge in [0.1, 0.15) is 0 Å². The monoisotopic (exact) mass is 324 g/mol. The Labute approximate surface area is 140 Å². The van der Waals surface area contributed by atoms with Gasteiger partial charge in [-0.25, -0.2) is 0 Å². The lowest BCUT2D eigenvalue weighted by atomic mass is 10.2. The van der Waals surface area contributed by atoms with Gasteiger partial charge in [-0.3, -0.25) is 14.7 Å². The van der Waals surface area contributed by atoms with E-state index in [9.17, 15) is 9.59 Å². The fraction of sp³-hybridized carbons (Fsp3) is 0.278. The van der Waals surface area contributed by atoms with E-state index in [1.54, 1.807) is 22.0 Å². The number of nitrogens with one attached hydrogen (secondary N) is 1. The molecule has 0 aliphatic carbocycles. The number of hydrogen-bond donors (Lipinski definition) is 1. The summed E-state index contributed by atoms with van der Waals surface area (Å²) in [6, 6.07) is 7.58. The second-order valence-electron chi connectivity index (χ2n) is 5.62. The third-order valence-corrected chi connectivity index (χ3v) is 4.09. The van der Waals surface area contributed by atoms with Crippen LogP contribution in [0.3, 0.4) is 0 Å². The molecular weight excluding hydrogens is 304 g/mol. The van der Waals surface area contributed by atoms with Gasteiger partial charge in [0.05, 0.1) is 5.52 Å². The zero-order chi connectivity index (χ0) is 16.9. The highest BCUT2D eigenvalue weighted by Crippen LogP contribution is 2.17. The molecule has 0 saturated carbocycles. The molecule has 1 aliphatic rings. The van der Waals surface area contributed by atoms with Crippen molar-refractivity contribution in [3.8, 4) is 0 Å². The summed E-state index contributed by atoms with van der Waals surface area (Å²) in [4.78, 5) is 28.2. The number of fused-ring (bicyclic) bond motifs is 1. The fourth-order valence-electron chi connectivity index (χ4n) is 2.76. The van der Waals surface area contributed by atoms with E-state index < -0.39 is 0 Å². The highest BCUT2D eigenvalue weighted by Gasteiger charge is 2.26. The first kappa shape index (κ1) is 16.0. The first-order valence-electron chi connectivity index (χ1n) is 8.01. The van der Waals surface area contributed by atoms with Crippen molar-refractivity contribution < 1.29 is 9.59 Å². The molecule has 0 atom stereocenters. The minimum Gasteiger partial charge on any atom is -0.336 e. The Bertz CT molecular complexity index is 798. The summed E-state index contributed by atoms with van der Waals surface area (Å²) in [6.45, 7) is 4.00. The van der Waals surface area contributed by atoms with Gasteiger partial charge in [0.25, 0.3) is 5.91 Å². The number of carbonyl (C=O) groups is 2. The van der Waals surface area contributed by atoms with E-state index in [2.05, 4.69) is 10.2 Å². The Hall–Kier alpha value is -2.89. The number of rotatable bonds is 3. The number of piperazine rings is 1. The topological polar surface area (TPSA) is 69.3 Å². The average molecular weight is 324 g/mol. The van der Waals surface area contributed by atoms with E-state index in [1.807, 2.05) is 43.3 Å². The van der Waals surface area contributed by atoms with Crippen molar-refractivity contribution in [1.82, 2.24) is 20.0 Å². The van der Waals surface area contributed by atoms with Crippen molar-refractivity contribution >= 4 is 22.7 Å². The summed E-state index contributed by atoms with van der Waals surface area (Å²) < 4.78 is 0. The molecule has 1 aromatic carbocycles. The second-order valence-corrected chi connectivity index (χ2v) is 5.62. The van der Waals surface area contributed by atoms with E-state index in [0.717, 1.165) is 10.9 Å². The Kier molecular flexibility index (Phi) is 4.74. The molecule has 24 heavy (non-hydrogen) atoms. The molecule has 6 nitrogen and oxygen atoms in total. The number of allylic oxidation sites excluding steroid dienone is 3. The van der Waals surface area contributed by atoms with Gasteiger partial charge in [-0.05, 0) is 13.0 Å². The van der Waals surface area contributed by atoms with Crippen LogP contribution >= 0.6 is 0 Å². The predicted molar refractivity (Wildman–Crippen MR) is 92.5 cm³/mol. The van der Waals surface area contributed by atoms with Crippen LogP contribution in [-0.2, 0) is 4.79 Å². The molecule has 1 aromatic heterocycles. The molecule has 3 rings (SSSR count). The standard InChI is InChI=1S/C18H20N4O2/c1-2-3-4-9-16(23)21-10-12-22(13-11-21)18(24)17-14-7-5-6-8-15(14)19-20-17/h2-9H,10-13H2,1H3,(H,19,20)/b3-2+,9-4-. The molecule has 6 heteroatoms. The third-order valence-electron chi connectivity index (χ3n) is 4.09. The van der Waals surface area contributed by atoms with Gasteiger partial charge >= 0.3 is 0 Å². The van der Waals surface area contributed by atoms with Crippen LogP contribution in [0.2, 0.25) is 0 Å². The SMILES string of the molecule is C/C=C/C=C\C(=O)N1CCN(C(=O)c2n[nH]c3ccccc23)CC1. The highest BCUT2D eigenvalue weighted by atomic mass is 16.2. The van der Waals surface area contributed by atoms with Crippen molar-refractivity contribution in [2.75, 3.05) is 26.2 Å². The smallest absolute Gasteiger partial charge is 0.275 e. The quantitative estimate of drug-likeness (QED) is 0.693. The Morgan fingerprint density at radius 2 is 1.79 bits per heavy atom. The van der Waals surface area contributed by atoms with Gasteiger partial charge < -0.3 is 9.80 Å². The van der Waals surface area contributed by atoms with Crippen LogP contribution in [0, 0.1) is 0 Å². The molecule has 124 valence electrons. The molecule has 2 heterocycles. The lowest BCUT2D eigenvalue weighted by Crippen LogP contribution is -2.50. The van der Waals surface area contributed by atoms with Gasteiger partial charge in [-0.2, -0.15) is 5.10 Å². The van der Waals surface area contributed by atoms with Crippen LogP contribution in [0.5, 0.6) is 0 Å². The van der Waals surface area contributed by atoms with Crippen LogP contribution in [0.1, 0.15) is 17.4 Å². The molecule has 2 amide bonds. The molecule has 2 aromatic rings. The number of hydrogen-bond acceptors (Lipinski definition) is 3. The van der Waals surface area contributed by atoms with Crippen molar-refractivity contribution in [2.45, 2.75) is 6.92 Å². The summed E-state index contributed by atoms with van der Waals surface area (Å²) in [6.07, 6.45) is 6.98. The van der Waals surface area contributed by atoms with E-state index in [0.29, 0.717) is 31.9 Å². The van der Waals surface area contributed by atoms with E-state index in [4.69, 9.17) is 0 Å². The Morgan fingerprint density at radius 1 is 1.08 bits per heavy atom. The number of para-hydroxylation sites is 1. The summed E-state index contributed by atoms with van der Waals surface area (Å²) in [5.41, 5.74) is 1.29. The van der Waals surface area contributed by atoms with Gasteiger partial charge in [0.2, 0.25) is 5.91 Å². The predicted octanol–water partition coefficient (Wildman–Crippen LogP) is 1.98. The highest BCUT2D eigenvalue weighted by molar-refractivity contribution is 6.04. The van der Waals surface area contributed by atoms with E-state index in [-0.39, 0.29) is 11.8 Å². The van der Waals surface area contributed by atoms with Gasteiger partial charge in [-0.1, -0.05) is 36.4 Å².